The van der Waals surface area contributed by atoms with Gasteiger partial charge in [-0.3, -0.25) is 9.59 Å². The molecule has 0 spiro atoms. The molecule has 1 aliphatic rings. The maximum absolute atomic E-state index is 12.3. The van der Waals surface area contributed by atoms with E-state index < -0.39 is 11.9 Å². The van der Waals surface area contributed by atoms with Crippen molar-refractivity contribution in [3.8, 4) is 0 Å². The van der Waals surface area contributed by atoms with Crippen molar-refractivity contribution in [2.75, 3.05) is 23.3 Å². The Kier molecular flexibility index (Phi) is 5.49. The Bertz CT molecular complexity index is 616. The van der Waals surface area contributed by atoms with Crippen molar-refractivity contribution < 1.29 is 9.59 Å². The zero-order valence-corrected chi connectivity index (χ0v) is 14.8. The number of anilines is 2. The van der Waals surface area contributed by atoms with Gasteiger partial charge in [-0.2, -0.15) is 0 Å². The van der Waals surface area contributed by atoms with Crippen LogP contribution in [0.25, 0.3) is 0 Å². The summed E-state index contributed by atoms with van der Waals surface area (Å²) in [4.78, 5) is 26.2. The Morgan fingerprint density at radius 2 is 1.79 bits per heavy atom. The minimum Gasteiger partial charge on any atom is -0.371 e. The number of nitrogens with one attached hydrogen (secondary N) is 1. The maximum Gasteiger partial charge on any atom is 0.250 e. The minimum atomic E-state index is -0.619. The molecule has 0 radical (unpaired) electrons. The lowest BCUT2D eigenvalue weighted by Gasteiger charge is -2.31. The second-order valence-corrected chi connectivity index (χ2v) is 7.48. The van der Waals surface area contributed by atoms with Crippen molar-refractivity contribution in [2.45, 2.75) is 46.1 Å². The van der Waals surface area contributed by atoms with Crippen molar-refractivity contribution in [2.24, 2.45) is 16.9 Å². The highest BCUT2D eigenvalue weighted by atomic mass is 16.2. The second-order valence-electron chi connectivity index (χ2n) is 7.48. The number of hydrogen-bond acceptors (Lipinski definition) is 4. The van der Waals surface area contributed by atoms with E-state index in [1.165, 1.54) is 6.42 Å². The molecule has 1 saturated heterocycles. The van der Waals surface area contributed by atoms with Crippen molar-refractivity contribution in [3.05, 3.63) is 23.8 Å². The van der Waals surface area contributed by atoms with Gasteiger partial charge in [-0.05, 0) is 42.9 Å². The van der Waals surface area contributed by atoms with Crippen LogP contribution in [-0.2, 0) is 4.79 Å². The summed E-state index contributed by atoms with van der Waals surface area (Å²) in [7, 11) is 0. The van der Waals surface area contributed by atoms with Gasteiger partial charge in [-0.1, -0.05) is 20.8 Å². The van der Waals surface area contributed by atoms with Crippen LogP contribution < -0.4 is 21.7 Å². The number of nitrogens with zero attached hydrogens (tertiary/aromatic N) is 1. The lowest BCUT2D eigenvalue weighted by Crippen LogP contribution is -2.45. The number of piperidine rings is 1. The lowest BCUT2D eigenvalue weighted by atomic mass is 9.87. The summed E-state index contributed by atoms with van der Waals surface area (Å²) in [6.07, 6.45) is 3.37. The van der Waals surface area contributed by atoms with E-state index in [2.05, 4.69) is 10.2 Å². The van der Waals surface area contributed by atoms with E-state index in [1.54, 1.807) is 12.1 Å². The fourth-order valence-electron chi connectivity index (χ4n) is 2.83. The fraction of sp³-hybridized carbons (Fsp3) is 0.556. The fourth-order valence-corrected chi connectivity index (χ4v) is 2.83. The zero-order chi connectivity index (χ0) is 17.9. The molecular formula is C18H28N4O2. The monoisotopic (exact) mass is 332 g/mol. The second kappa shape index (κ2) is 7.21. The first-order valence-electron chi connectivity index (χ1n) is 8.45. The van der Waals surface area contributed by atoms with Crippen LogP contribution in [-0.4, -0.2) is 30.9 Å². The molecular weight excluding hydrogens is 304 g/mol. The van der Waals surface area contributed by atoms with Crippen LogP contribution in [0.5, 0.6) is 0 Å². The van der Waals surface area contributed by atoms with Gasteiger partial charge in [0.05, 0.1) is 17.3 Å². The number of carbonyl (C=O) groups is 2. The molecule has 1 aromatic carbocycles. The van der Waals surface area contributed by atoms with Crippen LogP contribution in [0.4, 0.5) is 11.4 Å². The molecule has 5 N–H and O–H groups in total. The van der Waals surface area contributed by atoms with Crippen LogP contribution in [0.1, 0.15) is 50.4 Å². The topological polar surface area (TPSA) is 101 Å². The van der Waals surface area contributed by atoms with Crippen LogP contribution >= 0.6 is 0 Å². The third-order valence-corrected chi connectivity index (χ3v) is 4.44. The number of nitrogens with two attached hydrogens (primary N) is 2. The van der Waals surface area contributed by atoms with E-state index in [1.807, 2.05) is 26.8 Å². The highest BCUT2D eigenvalue weighted by molar-refractivity contribution is 6.01. The molecule has 0 saturated carbocycles. The molecule has 0 aromatic heterocycles. The first-order valence-corrected chi connectivity index (χ1v) is 8.45. The molecule has 1 atom stereocenters. The molecule has 6 nitrogen and oxygen atoms in total. The molecule has 0 unspecified atom stereocenters. The van der Waals surface area contributed by atoms with Gasteiger partial charge >= 0.3 is 0 Å². The first kappa shape index (κ1) is 18.3. The molecule has 0 aliphatic carbocycles. The molecule has 132 valence electrons. The van der Waals surface area contributed by atoms with Crippen molar-refractivity contribution in [3.63, 3.8) is 0 Å². The average molecular weight is 332 g/mol. The Balaban J connectivity index is 2.25. The molecule has 1 heterocycles. The lowest BCUT2D eigenvalue weighted by molar-refractivity contribution is -0.119. The van der Waals surface area contributed by atoms with Gasteiger partial charge in [0.25, 0.3) is 5.91 Å². The predicted octanol–water partition coefficient (Wildman–Crippen LogP) is 2.09. The number of amides is 2. The average Bonchev–Trinajstić information content (AvgIpc) is 2.53. The van der Waals surface area contributed by atoms with E-state index in [0.717, 1.165) is 31.6 Å². The molecule has 1 aliphatic heterocycles. The van der Waals surface area contributed by atoms with E-state index in [-0.39, 0.29) is 11.3 Å². The Morgan fingerprint density at radius 1 is 1.17 bits per heavy atom. The first-order chi connectivity index (χ1) is 11.2. The molecule has 1 fully saturated rings. The SMILES string of the molecule is CC(C)(C)[C@H](N)C(=O)Nc1ccc(C(N)=O)c(N2CCCCC2)c1. The highest BCUT2D eigenvalue weighted by Gasteiger charge is 2.28. The van der Waals surface area contributed by atoms with E-state index >= 15 is 0 Å². The largest absolute Gasteiger partial charge is 0.371 e. The van der Waals surface area contributed by atoms with Gasteiger partial charge in [0.15, 0.2) is 0 Å². The van der Waals surface area contributed by atoms with Gasteiger partial charge in [0, 0.05) is 18.8 Å². The van der Waals surface area contributed by atoms with E-state index in [0.29, 0.717) is 11.3 Å². The third-order valence-electron chi connectivity index (χ3n) is 4.44. The van der Waals surface area contributed by atoms with Crippen molar-refractivity contribution in [1.82, 2.24) is 0 Å². The standard InChI is InChI=1S/C18H28N4O2/c1-18(2,3)15(19)17(24)21-12-7-8-13(16(20)23)14(11-12)22-9-5-4-6-10-22/h7-8,11,15H,4-6,9-10,19H2,1-3H3,(H2,20,23)(H,21,24)/t15-/m1/s1. The summed E-state index contributed by atoms with van der Waals surface area (Å²) in [6.45, 7) is 7.55. The molecule has 1 aromatic rings. The van der Waals surface area contributed by atoms with E-state index in [4.69, 9.17) is 11.5 Å². The molecule has 24 heavy (non-hydrogen) atoms. The van der Waals surface area contributed by atoms with Gasteiger partial charge in [0.1, 0.15) is 0 Å². The van der Waals surface area contributed by atoms with Gasteiger partial charge in [0.2, 0.25) is 5.91 Å². The smallest absolute Gasteiger partial charge is 0.250 e. The van der Waals surface area contributed by atoms with E-state index in [9.17, 15) is 9.59 Å². The Hall–Kier alpha value is -2.08. The van der Waals surface area contributed by atoms with Crippen LogP contribution in [0.2, 0.25) is 0 Å². The number of carbonyl (C=O) groups excluding carboxylic acids is 2. The summed E-state index contributed by atoms with van der Waals surface area (Å²) in [5.41, 5.74) is 13.1. The quantitative estimate of drug-likeness (QED) is 0.785. The highest BCUT2D eigenvalue weighted by Crippen LogP contribution is 2.28. The van der Waals surface area contributed by atoms with Crippen molar-refractivity contribution >= 4 is 23.2 Å². The summed E-state index contributed by atoms with van der Waals surface area (Å²) in [5.74, 6) is -0.696. The maximum atomic E-state index is 12.3. The molecule has 6 heteroatoms. The number of hydrogen-bond donors (Lipinski definition) is 3. The van der Waals surface area contributed by atoms with Gasteiger partial charge in [-0.25, -0.2) is 0 Å². The summed E-state index contributed by atoms with van der Waals surface area (Å²) < 4.78 is 0. The Morgan fingerprint density at radius 3 is 2.33 bits per heavy atom. The summed E-state index contributed by atoms with van der Waals surface area (Å²) in [6, 6.07) is 4.57. The zero-order valence-electron chi connectivity index (χ0n) is 14.8. The van der Waals surface area contributed by atoms with Crippen LogP contribution in [0.3, 0.4) is 0 Å². The van der Waals surface area contributed by atoms with Crippen molar-refractivity contribution in [1.29, 1.82) is 0 Å². The van der Waals surface area contributed by atoms with Crippen LogP contribution in [0, 0.1) is 5.41 Å². The van der Waals surface area contributed by atoms with Crippen LogP contribution in [0.15, 0.2) is 18.2 Å². The third kappa shape index (κ3) is 4.26. The molecule has 2 rings (SSSR count). The summed E-state index contributed by atoms with van der Waals surface area (Å²) >= 11 is 0. The normalized spacial score (nSPS) is 16.6. The minimum absolute atomic E-state index is 0.237. The molecule has 0 bridgehead atoms. The van der Waals surface area contributed by atoms with Gasteiger partial charge < -0.3 is 21.7 Å². The molecule has 2 amide bonds. The summed E-state index contributed by atoms with van der Waals surface area (Å²) in [5, 5.41) is 2.85. The number of primary amides is 1. The number of rotatable bonds is 4. The predicted molar refractivity (Wildman–Crippen MR) is 97.1 cm³/mol. The Labute approximate surface area is 143 Å². The number of benzene rings is 1. The van der Waals surface area contributed by atoms with Gasteiger partial charge in [-0.15, -0.1) is 0 Å².